The molecular weight excluding hydrogens is 202 g/mol. The van der Waals surface area contributed by atoms with Crippen molar-refractivity contribution in [3.05, 3.63) is 0 Å². The number of carbonyl (C=O) groups is 1. The first-order valence-electron chi connectivity index (χ1n) is 6.09. The van der Waals surface area contributed by atoms with Gasteiger partial charge >= 0.3 is 0 Å². The van der Waals surface area contributed by atoms with Crippen LogP contribution in [-0.2, 0) is 4.79 Å². The molecule has 1 unspecified atom stereocenters. The first kappa shape index (κ1) is 15.4. The number of hydrogen-bond acceptors (Lipinski definition) is 3. The summed E-state index contributed by atoms with van der Waals surface area (Å²) in [5.41, 5.74) is 5.78. The number of rotatable bonds is 7. The monoisotopic (exact) mass is 229 g/mol. The molecule has 96 valence electrons. The lowest BCUT2D eigenvalue weighted by molar-refractivity contribution is -0.130. The highest BCUT2D eigenvalue weighted by atomic mass is 16.2. The third-order valence-electron chi connectivity index (χ3n) is 2.80. The van der Waals surface area contributed by atoms with E-state index in [-0.39, 0.29) is 11.9 Å². The second kappa shape index (κ2) is 7.63. The lowest BCUT2D eigenvalue weighted by Crippen LogP contribution is -2.47. The second-order valence-corrected chi connectivity index (χ2v) is 4.71. The van der Waals surface area contributed by atoms with Crippen LogP contribution in [-0.4, -0.2) is 55.0 Å². The quantitative estimate of drug-likeness (QED) is 0.706. The van der Waals surface area contributed by atoms with Crippen LogP contribution >= 0.6 is 0 Å². The summed E-state index contributed by atoms with van der Waals surface area (Å²) in [7, 11) is 3.57. The van der Waals surface area contributed by atoms with E-state index in [1.54, 1.807) is 19.0 Å². The summed E-state index contributed by atoms with van der Waals surface area (Å²) in [5, 5.41) is 0. The van der Waals surface area contributed by atoms with Crippen LogP contribution in [0.5, 0.6) is 0 Å². The molecule has 16 heavy (non-hydrogen) atoms. The topological polar surface area (TPSA) is 49.6 Å². The fourth-order valence-electron chi connectivity index (χ4n) is 1.84. The fourth-order valence-corrected chi connectivity index (χ4v) is 1.84. The average molecular weight is 229 g/mol. The maximum absolute atomic E-state index is 11.7. The minimum absolute atomic E-state index is 0.150. The van der Waals surface area contributed by atoms with Crippen molar-refractivity contribution in [2.75, 3.05) is 27.2 Å². The molecule has 2 N–H and O–H groups in total. The van der Waals surface area contributed by atoms with Crippen molar-refractivity contribution in [3.8, 4) is 0 Å². The van der Waals surface area contributed by atoms with E-state index >= 15 is 0 Å². The highest BCUT2D eigenvalue weighted by molar-refractivity contribution is 5.76. The largest absolute Gasteiger partial charge is 0.349 e. The van der Waals surface area contributed by atoms with Gasteiger partial charge in [-0.1, -0.05) is 6.92 Å². The molecule has 0 aromatic carbocycles. The van der Waals surface area contributed by atoms with Crippen LogP contribution in [0.2, 0.25) is 0 Å². The molecule has 0 bridgehead atoms. The zero-order chi connectivity index (χ0) is 12.7. The van der Waals surface area contributed by atoms with Crippen molar-refractivity contribution < 1.29 is 4.79 Å². The van der Waals surface area contributed by atoms with Gasteiger partial charge in [0.15, 0.2) is 0 Å². The lowest BCUT2D eigenvalue weighted by atomic mass is 10.1. The van der Waals surface area contributed by atoms with Gasteiger partial charge in [-0.05, 0) is 26.8 Å². The van der Waals surface area contributed by atoms with Gasteiger partial charge in [-0.2, -0.15) is 0 Å². The first-order chi connectivity index (χ1) is 7.43. The van der Waals surface area contributed by atoms with Crippen molar-refractivity contribution in [2.24, 2.45) is 5.73 Å². The Morgan fingerprint density at radius 3 is 2.19 bits per heavy atom. The molecule has 1 atom stereocenters. The van der Waals surface area contributed by atoms with Gasteiger partial charge in [0.2, 0.25) is 5.91 Å². The third-order valence-corrected chi connectivity index (χ3v) is 2.80. The van der Waals surface area contributed by atoms with E-state index in [2.05, 4.69) is 25.7 Å². The Balaban J connectivity index is 4.48. The Morgan fingerprint density at radius 1 is 1.31 bits per heavy atom. The molecule has 0 aliphatic heterocycles. The lowest BCUT2D eigenvalue weighted by Gasteiger charge is -2.34. The van der Waals surface area contributed by atoms with Crippen LogP contribution in [0.1, 0.15) is 33.6 Å². The number of carbonyl (C=O) groups excluding carboxylic acids is 1. The first-order valence-corrected chi connectivity index (χ1v) is 6.09. The van der Waals surface area contributed by atoms with Gasteiger partial charge in [0.05, 0.1) is 0 Å². The molecule has 4 nitrogen and oxygen atoms in total. The Kier molecular flexibility index (Phi) is 7.34. The molecule has 0 fully saturated rings. The summed E-state index contributed by atoms with van der Waals surface area (Å²) in [6.45, 7) is 7.99. The van der Waals surface area contributed by atoms with Crippen LogP contribution in [0.25, 0.3) is 0 Å². The number of hydrogen-bond donors (Lipinski definition) is 1. The molecule has 0 aliphatic rings. The average Bonchev–Trinajstić information content (AvgIpc) is 2.22. The van der Waals surface area contributed by atoms with E-state index in [1.807, 2.05) is 0 Å². The molecule has 0 saturated heterocycles. The number of nitrogens with two attached hydrogens (primary N) is 1. The number of nitrogens with zero attached hydrogens (tertiary/aromatic N) is 2. The van der Waals surface area contributed by atoms with Gasteiger partial charge in [-0.15, -0.1) is 0 Å². The summed E-state index contributed by atoms with van der Waals surface area (Å²) < 4.78 is 0. The van der Waals surface area contributed by atoms with Gasteiger partial charge in [0.1, 0.15) is 0 Å². The molecule has 4 heteroatoms. The van der Waals surface area contributed by atoms with E-state index in [9.17, 15) is 4.79 Å². The van der Waals surface area contributed by atoms with Crippen molar-refractivity contribution >= 4 is 5.91 Å². The summed E-state index contributed by atoms with van der Waals surface area (Å²) in [6.07, 6.45) is 1.60. The standard InChI is InChI=1S/C12H27N3O/c1-6-7-15(10(2)3)11(9-13)8-12(16)14(4)5/h10-11H,6-9,13H2,1-5H3. The summed E-state index contributed by atoms with van der Waals surface area (Å²) >= 11 is 0. The predicted molar refractivity (Wildman–Crippen MR) is 68.3 cm³/mol. The van der Waals surface area contributed by atoms with Crippen LogP contribution in [0.4, 0.5) is 0 Å². The van der Waals surface area contributed by atoms with Crippen molar-refractivity contribution in [1.29, 1.82) is 0 Å². The molecule has 0 aliphatic carbocycles. The zero-order valence-electron chi connectivity index (χ0n) is 11.4. The van der Waals surface area contributed by atoms with Crippen molar-refractivity contribution in [3.63, 3.8) is 0 Å². The Labute approximate surface area is 99.8 Å². The third kappa shape index (κ3) is 4.94. The van der Waals surface area contributed by atoms with Crippen LogP contribution < -0.4 is 5.73 Å². The predicted octanol–water partition coefficient (Wildman–Crippen LogP) is 0.912. The van der Waals surface area contributed by atoms with E-state index in [0.717, 1.165) is 13.0 Å². The minimum atomic E-state index is 0.150. The highest BCUT2D eigenvalue weighted by Crippen LogP contribution is 2.10. The van der Waals surface area contributed by atoms with Crippen LogP contribution in [0.15, 0.2) is 0 Å². The highest BCUT2D eigenvalue weighted by Gasteiger charge is 2.22. The maximum atomic E-state index is 11.7. The number of amides is 1. The van der Waals surface area contributed by atoms with E-state index < -0.39 is 0 Å². The maximum Gasteiger partial charge on any atom is 0.223 e. The van der Waals surface area contributed by atoms with E-state index in [4.69, 9.17) is 5.73 Å². The van der Waals surface area contributed by atoms with Gasteiger partial charge in [0, 0.05) is 39.1 Å². The Bertz CT molecular complexity index is 204. The molecule has 0 aromatic heterocycles. The van der Waals surface area contributed by atoms with Crippen LogP contribution in [0, 0.1) is 0 Å². The van der Waals surface area contributed by atoms with Crippen LogP contribution in [0.3, 0.4) is 0 Å². The summed E-state index contributed by atoms with van der Waals surface area (Å²) in [5.74, 6) is 0.150. The molecule has 0 radical (unpaired) electrons. The van der Waals surface area contributed by atoms with Gasteiger partial charge in [-0.25, -0.2) is 0 Å². The van der Waals surface area contributed by atoms with Crippen molar-refractivity contribution in [2.45, 2.75) is 45.7 Å². The molecule has 0 spiro atoms. The smallest absolute Gasteiger partial charge is 0.223 e. The van der Waals surface area contributed by atoms with Crippen molar-refractivity contribution in [1.82, 2.24) is 9.80 Å². The summed E-state index contributed by atoms with van der Waals surface area (Å²) in [4.78, 5) is 15.6. The zero-order valence-corrected chi connectivity index (χ0v) is 11.4. The molecule has 1 amide bonds. The fraction of sp³-hybridized carbons (Fsp3) is 0.917. The normalized spacial score (nSPS) is 13.2. The summed E-state index contributed by atoms with van der Waals surface area (Å²) in [6, 6.07) is 0.596. The Morgan fingerprint density at radius 2 is 1.88 bits per heavy atom. The molecular formula is C12H27N3O. The SMILES string of the molecule is CCCN(C(C)C)C(CN)CC(=O)N(C)C. The minimum Gasteiger partial charge on any atom is -0.349 e. The molecule has 0 saturated carbocycles. The van der Waals surface area contributed by atoms with Gasteiger partial charge in [0.25, 0.3) is 0 Å². The molecule has 0 rings (SSSR count). The van der Waals surface area contributed by atoms with E-state index in [1.165, 1.54) is 0 Å². The molecule has 0 heterocycles. The van der Waals surface area contributed by atoms with Gasteiger partial charge < -0.3 is 10.6 Å². The van der Waals surface area contributed by atoms with Gasteiger partial charge in [-0.3, -0.25) is 9.69 Å². The Hall–Kier alpha value is -0.610. The molecule has 0 aromatic rings. The second-order valence-electron chi connectivity index (χ2n) is 4.71. The van der Waals surface area contributed by atoms with E-state index in [0.29, 0.717) is 19.0 Å².